The fraction of sp³-hybridized carbons (Fsp3) is 0.143. The van der Waals surface area contributed by atoms with E-state index in [2.05, 4.69) is 16.0 Å². The van der Waals surface area contributed by atoms with Gasteiger partial charge in [0.1, 0.15) is 5.75 Å². The molecule has 0 aliphatic rings. The number of hydrogen-bond donors (Lipinski definition) is 2. The molecule has 146 valence electrons. The first-order valence-electron chi connectivity index (χ1n) is 8.57. The lowest BCUT2D eigenvalue weighted by atomic mass is 9.86. The molecule has 1 unspecified atom stereocenters. The number of methoxy groups -OCH3 is 1. The number of aromatic nitrogens is 2. The number of nitrogens with one attached hydrogen (secondary N) is 1. The van der Waals surface area contributed by atoms with Crippen molar-refractivity contribution in [3.63, 3.8) is 0 Å². The van der Waals surface area contributed by atoms with Gasteiger partial charge >= 0.3 is 5.97 Å². The Kier molecular flexibility index (Phi) is 5.96. The number of hydrogen-bond acceptors (Lipinski definition) is 5. The zero-order valence-electron chi connectivity index (χ0n) is 15.3. The monoisotopic (exact) mass is 409 g/mol. The summed E-state index contributed by atoms with van der Waals surface area (Å²) < 4.78 is 5.39. The molecule has 2 N–H and O–H groups in total. The van der Waals surface area contributed by atoms with Crippen LogP contribution in [-0.4, -0.2) is 28.2 Å². The minimum absolute atomic E-state index is 0.0144. The molecule has 29 heavy (non-hydrogen) atoms. The normalized spacial score (nSPS) is 11.5. The van der Waals surface area contributed by atoms with E-state index >= 15 is 0 Å². The number of carboxylic acid groups (broad SMARTS) is 1. The maximum atomic E-state index is 12.8. The number of ether oxygens (including phenoxy) is 1. The summed E-state index contributed by atoms with van der Waals surface area (Å²) in [6, 6.07) is 10.1. The number of aromatic amines is 1. The van der Waals surface area contributed by atoms with Crippen LogP contribution in [0.5, 0.6) is 5.75 Å². The molecular weight excluding hydrogens is 394 g/mol. The molecule has 0 aliphatic heterocycles. The lowest BCUT2D eigenvalue weighted by Crippen LogP contribution is -2.25. The number of pyridine rings is 2. The predicted molar refractivity (Wildman–Crippen MR) is 107 cm³/mol. The third kappa shape index (κ3) is 4.13. The highest BCUT2D eigenvalue weighted by molar-refractivity contribution is 6.31. The van der Waals surface area contributed by atoms with Gasteiger partial charge in [0, 0.05) is 40.3 Å². The van der Waals surface area contributed by atoms with Crippen molar-refractivity contribution in [1.29, 1.82) is 5.26 Å². The van der Waals surface area contributed by atoms with Crippen LogP contribution in [0.1, 0.15) is 22.6 Å². The zero-order chi connectivity index (χ0) is 21.0. The molecule has 0 radical (unpaired) electrons. The molecule has 2 heterocycles. The number of H-pyrrole nitrogens is 1. The van der Waals surface area contributed by atoms with Crippen LogP contribution in [-0.2, 0) is 11.2 Å². The Bertz CT molecular complexity index is 1150. The van der Waals surface area contributed by atoms with E-state index in [0.29, 0.717) is 16.1 Å². The molecule has 0 bridgehead atoms. The Balaban J connectivity index is 2.31. The van der Waals surface area contributed by atoms with E-state index in [-0.39, 0.29) is 28.9 Å². The molecule has 3 aromatic rings. The average molecular weight is 410 g/mol. The summed E-state index contributed by atoms with van der Waals surface area (Å²) in [6.07, 6.45) is 4.50. The van der Waals surface area contributed by atoms with Crippen molar-refractivity contribution in [2.45, 2.75) is 12.3 Å². The van der Waals surface area contributed by atoms with Gasteiger partial charge < -0.3 is 14.8 Å². The van der Waals surface area contributed by atoms with Gasteiger partial charge in [-0.15, -0.1) is 0 Å². The van der Waals surface area contributed by atoms with Crippen LogP contribution in [0.3, 0.4) is 0 Å². The molecule has 0 saturated heterocycles. The Labute approximate surface area is 171 Å². The van der Waals surface area contributed by atoms with Crippen molar-refractivity contribution in [1.82, 2.24) is 9.97 Å². The minimum atomic E-state index is -1.20. The maximum absolute atomic E-state index is 12.8. The van der Waals surface area contributed by atoms with E-state index in [1.807, 2.05) is 0 Å². The summed E-state index contributed by atoms with van der Waals surface area (Å²) in [7, 11) is 1.40. The number of halogens is 1. The molecule has 3 rings (SSSR count). The summed E-state index contributed by atoms with van der Waals surface area (Å²) in [6.45, 7) is 0. The van der Waals surface area contributed by atoms with E-state index in [4.69, 9.17) is 16.3 Å². The first-order chi connectivity index (χ1) is 14.0. The summed E-state index contributed by atoms with van der Waals surface area (Å²) in [5.41, 5.74) is 0.854. The molecule has 0 aliphatic carbocycles. The van der Waals surface area contributed by atoms with Crippen molar-refractivity contribution in [3.8, 4) is 22.9 Å². The van der Waals surface area contributed by atoms with Crippen molar-refractivity contribution in [3.05, 3.63) is 81.0 Å². The van der Waals surface area contributed by atoms with Gasteiger partial charge in [0.2, 0.25) is 0 Å². The quantitative estimate of drug-likeness (QED) is 0.644. The highest BCUT2D eigenvalue weighted by Gasteiger charge is 2.30. The molecule has 0 fully saturated rings. The molecule has 0 spiro atoms. The Morgan fingerprint density at radius 3 is 2.83 bits per heavy atom. The van der Waals surface area contributed by atoms with Gasteiger partial charge in [0.15, 0.2) is 0 Å². The molecular formula is C21H16ClN3O4. The molecule has 1 aromatic carbocycles. The molecule has 0 saturated carbocycles. The Hall–Kier alpha value is -3.63. The summed E-state index contributed by atoms with van der Waals surface area (Å²) >= 11 is 6.12. The third-order valence-corrected chi connectivity index (χ3v) is 4.73. The second-order valence-corrected chi connectivity index (χ2v) is 6.67. The van der Waals surface area contributed by atoms with Crippen molar-refractivity contribution >= 4 is 17.6 Å². The fourth-order valence-electron chi connectivity index (χ4n) is 3.19. The predicted octanol–water partition coefficient (Wildman–Crippen LogP) is 3.38. The van der Waals surface area contributed by atoms with E-state index < -0.39 is 17.4 Å². The molecule has 8 heteroatoms. The highest BCUT2D eigenvalue weighted by Crippen LogP contribution is 2.38. The van der Waals surface area contributed by atoms with Crippen molar-refractivity contribution in [2.24, 2.45) is 0 Å². The topological polar surface area (TPSA) is 116 Å². The van der Waals surface area contributed by atoms with Crippen LogP contribution >= 0.6 is 11.6 Å². The van der Waals surface area contributed by atoms with Crippen LogP contribution in [0.2, 0.25) is 5.02 Å². The maximum Gasteiger partial charge on any atom is 0.311 e. The van der Waals surface area contributed by atoms with Crippen LogP contribution in [0, 0.1) is 11.3 Å². The van der Waals surface area contributed by atoms with Gasteiger partial charge in [0.25, 0.3) is 5.56 Å². The number of benzene rings is 1. The summed E-state index contributed by atoms with van der Waals surface area (Å²) in [5, 5.41) is 19.8. The largest absolute Gasteiger partial charge is 0.495 e. The third-order valence-electron chi connectivity index (χ3n) is 4.50. The molecule has 7 nitrogen and oxygen atoms in total. The first kappa shape index (κ1) is 20.1. The number of nitrogens with zero attached hydrogens (tertiary/aromatic N) is 2. The fourth-order valence-corrected chi connectivity index (χ4v) is 3.36. The second-order valence-electron chi connectivity index (χ2n) is 6.23. The van der Waals surface area contributed by atoms with Crippen molar-refractivity contribution in [2.75, 3.05) is 7.11 Å². The lowest BCUT2D eigenvalue weighted by Gasteiger charge is -2.19. The van der Waals surface area contributed by atoms with Crippen LogP contribution in [0.25, 0.3) is 11.1 Å². The molecule has 1 atom stereocenters. The lowest BCUT2D eigenvalue weighted by molar-refractivity contribution is -0.138. The Morgan fingerprint density at radius 1 is 1.41 bits per heavy atom. The van der Waals surface area contributed by atoms with E-state index in [0.717, 1.165) is 0 Å². The van der Waals surface area contributed by atoms with Gasteiger partial charge in [-0.1, -0.05) is 17.7 Å². The highest BCUT2D eigenvalue weighted by atomic mass is 35.5. The van der Waals surface area contributed by atoms with E-state index in [1.54, 1.807) is 30.6 Å². The van der Waals surface area contributed by atoms with Gasteiger partial charge in [-0.25, -0.2) is 0 Å². The standard InChI is InChI=1S/C21H16ClN3O4/c1-29-17-11-25-20(26)19(16(21(27)28)7-12-3-2-6-24-10-12)18(17)15-8-14(22)5-4-13(15)9-23/h2-6,8,10-11,16H,7H2,1H3,(H,25,26)(H,27,28). The van der Waals surface area contributed by atoms with Gasteiger partial charge in [-0.2, -0.15) is 5.26 Å². The minimum Gasteiger partial charge on any atom is -0.495 e. The summed E-state index contributed by atoms with van der Waals surface area (Å²) in [4.78, 5) is 31.5. The number of rotatable bonds is 6. The van der Waals surface area contributed by atoms with Gasteiger partial charge in [0.05, 0.1) is 24.7 Å². The van der Waals surface area contributed by atoms with E-state index in [9.17, 15) is 20.0 Å². The van der Waals surface area contributed by atoms with Gasteiger partial charge in [-0.05, 0) is 36.2 Å². The van der Waals surface area contributed by atoms with E-state index in [1.165, 1.54) is 25.4 Å². The smallest absolute Gasteiger partial charge is 0.311 e. The number of nitriles is 1. The summed E-state index contributed by atoms with van der Waals surface area (Å²) in [5.74, 6) is -2.15. The second kappa shape index (κ2) is 8.59. The zero-order valence-corrected chi connectivity index (χ0v) is 16.1. The number of aliphatic carboxylic acids is 1. The molecule has 2 aromatic heterocycles. The first-order valence-corrected chi connectivity index (χ1v) is 8.95. The Morgan fingerprint density at radius 2 is 2.21 bits per heavy atom. The SMILES string of the molecule is COc1c[nH]c(=O)c(C(Cc2cccnc2)C(=O)O)c1-c1cc(Cl)ccc1C#N. The van der Waals surface area contributed by atoms with Crippen LogP contribution < -0.4 is 10.3 Å². The molecule has 0 amide bonds. The number of carbonyl (C=O) groups is 1. The van der Waals surface area contributed by atoms with Crippen LogP contribution in [0.4, 0.5) is 0 Å². The average Bonchev–Trinajstić information content (AvgIpc) is 2.72. The van der Waals surface area contributed by atoms with Crippen molar-refractivity contribution < 1.29 is 14.6 Å². The van der Waals surface area contributed by atoms with Crippen LogP contribution in [0.15, 0.2) is 53.7 Å². The van der Waals surface area contributed by atoms with Gasteiger partial charge in [-0.3, -0.25) is 14.6 Å². The number of carboxylic acids is 1.